The van der Waals surface area contributed by atoms with Gasteiger partial charge >= 0.3 is 0 Å². The number of para-hydroxylation sites is 5. The van der Waals surface area contributed by atoms with E-state index in [2.05, 4.69) is 167 Å². The number of nitrogens with zero attached hydrogens (tertiary/aromatic N) is 2. The number of benzene rings is 8. The van der Waals surface area contributed by atoms with Gasteiger partial charge in [0.15, 0.2) is 0 Å². The van der Waals surface area contributed by atoms with Gasteiger partial charge in [-0.1, -0.05) is 133 Å². The lowest BCUT2D eigenvalue weighted by molar-refractivity contribution is 0.669. The fourth-order valence-electron chi connectivity index (χ4n) is 11.2. The summed E-state index contributed by atoms with van der Waals surface area (Å²) in [5.41, 5.74) is 17.5. The van der Waals surface area contributed by atoms with Gasteiger partial charge in [0.2, 0.25) is 0 Å². The van der Waals surface area contributed by atoms with Gasteiger partial charge in [0.05, 0.1) is 33.6 Å². The van der Waals surface area contributed by atoms with Crippen LogP contribution in [0.5, 0.6) is 0 Å². The summed E-state index contributed by atoms with van der Waals surface area (Å²) in [7, 11) is 0. The average Bonchev–Trinajstić information content (AvgIpc) is 4.12. The smallest absolute Gasteiger partial charge is 0.143 e. The van der Waals surface area contributed by atoms with E-state index in [0.29, 0.717) is 0 Å². The van der Waals surface area contributed by atoms with E-state index in [1.807, 2.05) is 6.07 Å². The Labute approximate surface area is 330 Å². The molecule has 15 rings (SSSR count). The van der Waals surface area contributed by atoms with Crippen LogP contribution in [0, 0.1) is 0 Å². The summed E-state index contributed by atoms with van der Waals surface area (Å²) in [4.78, 5) is 0. The second kappa shape index (κ2) is 10.2. The first-order valence-corrected chi connectivity index (χ1v) is 20.2. The number of aromatic nitrogens is 2. The standard InChI is InChI=1S/C54H30N2O2/c1-5-19-43-39(13-1)49-31(37-17-9-15-35-29-11-3-7-21-47(29)57-53(35)37)23-25-33-41-28-46-42(27-45(41)55(43)51(33)49)34-26-24-32(50-40-14-2-6-20-44(40)56(46)52(34)50)38-18-10-16-36-30-12-4-8-22-48(30)58-54(36)38/h1-19,21-28,44H,20H2. The maximum atomic E-state index is 6.63. The quantitative estimate of drug-likeness (QED) is 0.177. The van der Waals surface area contributed by atoms with Gasteiger partial charge in [-0.15, -0.1) is 0 Å². The predicted molar refractivity (Wildman–Crippen MR) is 240 cm³/mol. The highest BCUT2D eigenvalue weighted by Crippen LogP contribution is 2.55. The Kier molecular flexibility index (Phi) is 5.24. The molecule has 0 N–H and O–H groups in total. The summed E-state index contributed by atoms with van der Waals surface area (Å²) in [6.07, 6.45) is 7.88. The van der Waals surface area contributed by atoms with Crippen molar-refractivity contribution in [2.45, 2.75) is 12.5 Å². The summed E-state index contributed by atoms with van der Waals surface area (Å²) in [6.45, 7) is 0. The first-order valence-electron chi connectivity index (χ1n) is 20.2. The molecule has 0 radical (unpaired) electrons. The topological polar surface area (TPSA) is 35.6 Å². The molecular formula is C54H30N2O2. The molecule has 268 valence electrons. The van der Waals surface area contributed by atoms with Crippen molar-refractivity contribution < 1.29 is 8.83 Å². The van der Waals surface area contributed by atoms with Crippen molar-refractivity contribution >= 4 is 109 Å². The Hall–Kier alpha value is -7.56. The van der Waals surface area contributed by atoms with Crippen LogP contribution in [0.2, 0.25) is 0 Å². The van der Waals surface area contributed by atoms with Crippen LogP contribution < -0.4 is 0 Å². The molecule has 1 unspecified atom stereocenters. The third-order valence-electron chi connectivity index (χ3n) is 13.5. The lowest BCUT2D eigenvalue weighted by Crippen LogP contribution is -2.05. The third kappa shape index (κ3) is 3.42. The molecule has 4 nitrogen and oxygen atoms in total. The van der Waals surface area contributed by atoms with Crippen LogP contribution in [0.3, 0.4) is 0 Å². The highest BCUT2D eigenvalue weighted by molar-refractivity contribution is 6.30. The molecule has 1 aliphatic heterocycles. The molecular weight excluding hydrogens is 709 g/mol. The normalized spacial score (nSPS) is 15.4. The molecule has 0 bridgehead atoms. The Morgan fingerprint density at radius 1 is 0.448 bits per heavy atom. The molecule has 8 aromatic carbocycles. The molecule has 13 aromatic rings. The summed E-state index contributed by atoms with van der Waals surface area (Å²) >= 11 is 0. The number of hydrogen-bond donors (Lipinski definition) is 0. The molecule has 2 aliphatic rings. The van der Waals surface area contributed by atoms with Crippen molar-refractivity contribution in [1.29, 1.82) is 0 Å². The van der Waals surface area contributed by atoms with Crippen LogP contribution in [-0.2, 0) is 0 Å². The Bertz CT molecular complexity index is 4070. The Morgan fingerprint density at radius 3 is 1.81 bits per heavy atom. The number of rotatable bonds is 2. The van der Waals surface area contributed by atoms with Gasteiger partial charge in [0.25, 0.3) is 0 Å². The van der Waals surface area contributed by atoms with E-state index in [0.717, 1.165) is 61.4 Å². The van der Waals surface area contributed by atoms with Crippen LogP contribution in [-0.4, -0.2) is 8.97 Å². The van der Waals surface area contributed by atoms with Gasteiger partial charge < -0.3 is 17.8 Å². The molecule has 0 saturated heterocycles. The van der Waals surface area contributed by atoms with Crippen molar-refractivity contribution in [2.75, 3.05) is 0 Å². The fourth-order valence-corrected chi connectivity index (χ4v) is 11.2. The molecule has 4 heteroatoms. The lowest BCUT2D eigenvalue weighted by atomic mass is 9.88. The molecule has 0 amide bonds. The van der Waals surface area contributed by atoms with E-state index in [9.17, 15) is 0 Å². The van der Waals surface area contributed by atoms with Gasteiger partial charge in [-0.3, -0.25) is 0 Å². The lowest BCUT2D eigenvalue weighted by Gasteiger charge is -2.19. The summed E-state index contributed by atoms with van der Waals surface area (Å²) in [5.74, 6) is 0. The zero-order valence-electron chi connectivity index (χ0n) is 31.1. The maximum absolute atomic E-state index is 6.63. The molecule has 0 fully saturated rings. The van der Waals surface area contributed by atoms with Crippen LogP contribution in [0.15, 0.2) is 173 Å². The third-order valence-corrected chi connectivity index (χ3v) is 13.5. The van der Waals surface area contributed by atoms with E-state index in [1.165, 1.54) is 82.2 Å². The molecule has 1 aliphatic carbocycles. The van der Waals surface area contributed by atoms with Gasteiger partial charge in [-0.05, 0) is 53.5 Å². The number of allylic oxidation sites excluding steroid dienone is 4. The fraction of sp³-hybridized carbons (Fsp3) is 0.0370. The van der Waals surface area contributed by atoms with Crippen LogP contribution in [0.1, 0.15) is 18.0 Å². The molecule has 58 heavy (non-hydrogen) atoms. The first kappa shape index (κ1) is 29.7. The SMILES string of the molecule is C1=CCC2C(=C1)c1c(-c3cccc4c3oc3ccccc34)ccc3c4cc5c(cc4n2c13)c1ccc(-c2cccc3c2oc2ccccc23)c2c3ccccc3n5c12. The molecule has 6 heterocycles. The van der Waals surface area contributed by atoms with E-state index in [1.54, 1.807) is 0 Å². The van der Waals surface area contributed by atoms with Crippen molar-refractivity contribution in [3.05, 3.63) is 169 Å². The van der Waals surface area contributed by atoms with Crippen LogP contribution >= 0.6 is 0 Å². The summed E-state index contributed by atoms with van der Waals surface area (Å²) < 4.78 is 18.4. The van der Waals surface area contributed by atoms with E-state index in [4.69, 9.17) is 8.83 Å². The van der Waals surface area contributed by atoms with Crippen molar-refractivity contribution in [3.8, 4) is 22.3 Å². The minimum atomic E-state index is 0.224. The summed E-state index contributed by atoms with van der Waals surface area (Å²) in [5, 5.41) is 12.3. The second-order valence-corrected chi connectivity index (χ2v) is 16.2. The number of furan rings is 2. The van der Waals surface area contributed by atoms with Crippen LogP contribution in [0.25, 0.3) is 132 Å². The van der Waals surface area contributed by atoms with Crippen molar-refractivity contribution in [1.82, 2.24) is 8.97 Å². The number of fused-ring (bicyclic) bond motifs is 18. The van der Waals surface area contributed by atoms with Gasteiger partial charge in [0.1, 0.15) is 22.3 Å². The number of hydrogen-bond acceptors (Lipinski definition) is 2. The van der Waals surface area contributed by atoms with E-state index in [-0.39, 0.29) is 6.04 Å². The van der Waals surface area contributed by atoms with Gasteiger partial charge in [0, 0.05) is 70.6 Å². The minimum Gasteiger partial charge on any atom is -0.455 e. The second-order valence-electron chi connectivity index (χ2n) is 16.2. The largest absolute Gasteiger partial charge is 0.455 e. The first-order chi connectivity index (χ1) is 28.8. The molecule has 0 saturated carbocycles. The van der Waals surface area contributed by atoms with Gasteiger partial charge in [-0.25, -0.2) is 0 Å². The maximum Gasteiger partial charge on any atom is 0.143 e. The molecule has 5 aromatic heterocycles. The minimum absolute atomic E-state index is 0.224. The predicted octanol–water partition coefficient (Wildman–Crippen LogP) is 15.0. The zero-order chi connectivity index (χ0) is 37.4. The highest BCUT2D eigenvalue weighted by Gasteiger charge is 2.35. The average molecular weight is 739 g/mol. The van der Waals surface area contributed by atoms with Crippen molar-refractivity contribution in [3.63, 3.8) is 0 Å². The summed E-state index contributed by atoms with van der Waals surface area (Å²) in [6, 6.07) is 53.4. The Morgan fingerprint density at radius 2 is 1.05 bits per heavy atom. The monoisotopic (exact) mass is 738 g/mol. The molecule has 1 atom stereocenters. The Balaban J connectivity index is 1.04. The van der Waals surface area contributed by atoms with Gasteiger partial charge in [-0.2, -0.15) is 0 Å². The zero-order valence-corrected chi connectivity index (χ0v) is 31.1. The van der Waals surface area contributed by atoms with Crippen molar-refractivity contribution in [2.24, 2.45) is 0 Å². The molecule has 0 spiro atoms. The van der Waals surface area contributed by atoms with E-state index < -0.39 is 0 Å². The van der Waals surface area contributed by atoms with Crippen LogP contribution in [0.4, 0.5) is 0 Å². The highest BCUT2D eigenvalue weighted by atomic mass is 16.3. The van der Waals surface area contributed by atoms with E-state index >= 15 is 0 Å².